The minimum absolute atomic E-state index is 0.116. The molecule has 0 unspecified atom stereocenters. The van der Waals surface area contributed by atoms with Crippen LogP contribution >= 0.6 is 11.6 Å². The fourth-order valence-corrected chi connectivity index (χ4v) is 1.76. The van der Waals surface area contributed by atoms with E-state index in [9.17, 15) is 4.79 Å². The van der Waals surface area contributed by atoms with Crippen LogP contribution in [0.1, 0.15) is 10.5 Å². The van der Waals surface area contributed by atoms with Gasteiger partial charge in [-0.05, 0) is 24.3 Å². The fraction of sp³-hybridized carbons (Fsp3) is 0.0769. The van der Waals surface area contributed by atoms with E-state index in [0.29, 0.717) is 10.7 Å². The lowest BCUT2D eigenvalue weighted by Crippen LogP contribution is -2.04. The Kier molecular flexibility index (Phi) is 3.48. The minimum Gasteiger partial charge on any atom is -0.494 e. The normalized spacial score (nSPS) is 10.1. The highest BCUT2D eigenvalue weighted by atomic mass is 35.5. The van der Waals surface area contributed by atoms with Gasteiger partial charge in [-0.1, -0.05) is 23.7 Å². The van der Waals surface area contributed by atoms with Crippen LogP contribution in [0.2, 0.25) is 5.02 Å². The summed E-state index contributed by atoms with van der Waals surface area (Å²) < 4.78 is 4.95. The first-order valence-electron chi connectivity index (χ1n) is 5.16. The molecule has 0 aliphatic heterocycles. The molecule has 0 aliphatic rings. The Morgan fingerprint density at radius 1 is 1.33 bits per heavy atom. The van der Waals surface area contributed by atoms with Crippen LogP contribution in [0, 0.1) is 0 Å². The molecule has 18 heavy (non-hydrogen) atoms. The molecule has 2 aromatic rings. The maximum atomic E-state index is 11.1. The summed E-state index contributed by atoms with van der Waals surface area (Å²) >= 11 is 5.89. The number of carboxylic acids is 1. The van der Waals surface area contributed by atoms with E-state index in [4.69, 9.17) is 21.4 Å². The van der Waals surface area contributed by atoms with Crippen LogP contribution in [0.4, 0.5) is 0 Å². The monoisotopic (exact) mass is 263 g/mol. The smallest absolute Gasteiger partial charge is 0.358 e. The van der Waals surface area contributed by atoms with Crippen LogP contribution in [0.3, 0.4) is 0 Å². The van der Waals surface area contributed by atoms with Crippen molar-refractivity contribution in [1.29, 1.82) is 0 Å². The number of halogens is 1. The molecule has 1 heterocycles. The van der Waals surface area contributed by atoms with Gasteiger partial charge in [-0.15, -0.1) is 0 Å². The van der Waals surface area contributed by atoms with Gasteiger partial charge in [0.25, 0.3) is 0 Å². The SMILES string of the molecule is COc1ccc(-c2cccc(Cl)c2)nc1C(=O)O. The zero-order valence-corrected chi connectivity index (χ0v) is 10.3. The molecular weight excluding hydrogens is 254 g/mol. The molecule has 1 aromatic heterocycles. The molecule has 0 spiro atoms. The number of methoxy groups -OCH3 is 1. The van der Waals surface area contributed by atoms with Crippen LogP contribution in [0.15, 0.2) is 36.4 Å². The first-order valence-corrected chi connectivity index (χ1v) is 5.54. The van der Waals surface area contributed by atoms with E-state index in [1.165, 1.54) is 7.11 Å². The summed E-state index contributed by atoms with van der Waals surface area (Å²) in [5.41, 5.74) is 1.18. The van der Waals surface area contributed by atoms with Crippen molar-refractivity contribution in [2.75, 3.05) is 7.11 Å². The zero-order chi connectivity index (χ0) is 13.1. The highest BCUT2D eigenvalue weighted by molar-refractivity contribution is 6.30. The molecule has 92 valence electrons. The molecule has 0 saturated carbocycles. The Morgan fingerprint density at radius 3 is 2.72 bits per heavy atom. The van der Waals surface area contributed by atoms with Crippen molar-refractivity contribution < 1.29 is 14.6 Å². The predicted molar refractivity (Wildman–Crippen MR) is 68.2 cm³/mol. The first-order chi connectivity index (χ1) is 8.61. The third kappa shape index (κ3) is 2.43. The first kappa shape index (κ1) is 12.4. The molecule has 2 rings (SSSR count). The maximum Gasteiger partial charge on any atom is 0.358 e. The Morgan fingerprint density at radius 2 is 2.11 bits per heavy atom. The van der Waals surface area contributed by atoms with E-state index in [2.05, 4.69) is 4.98 Å². The molecular formula is C13H10ClNO3. The Hall–Kier alpha value is -2.07. The molecule has 5 heteroatoms. The van der Waals surface area contributed by atoms with Gasteiger partial charge in [-0.2, -0.15) is 0 Å². The van der Waals surface area contributed by atoms with Crippen molar-refractivity contribution in [2.45, 2.75) is 0 Å². The van der Waals surface area contributed by atoms with E-state index in [0.717, 1.165) is 5.56 Å². The molecule has 0 radical (unpaired) electrons. The van der Waals surface area contributed by atoms with Crippen molar-refractivity contribution >= 4 is 17.6 Å². The number of benzene rings is 1. The number of carbonyl (C=O) groups is 1. The van der Waals surface area contributed by atoms with Crippen molar-refractivity contribution in [3.63, 3.8) is 0 Å². The number of pyridine rings is 1. The number of aromatic nitrogens is 1. The van der Waals surface area contributed by atoms with Crippen molar-refractivity contribution in [3.05, 3.63) is 47.1 Å². The third-order valence-corrected chi connectivity index (χ3v) is 2.64. The Balaban J connectivity index is 2.53. The molecule has 4 nitrogen and oxygen atoms in total. The largest absolute Gasteiger partial charge is 0.494 e. The molecule has 1 N–H and O–H groups in total. The van der Waals surface area contributed by atoms with E-state index < -0.39 is 5.97 Å². The van der Waals surface area contributed by atoms with Crippen molar-refractivity contribution in [3.8, 4) is 17.0 Å². The highest BCUT2D eigenvalue weighted by Gasteiger charge is 2.14. The van der Waals surface area contributed by atoms with Crippen LogP contribution in [0.5, 0.6) is 5.75 Å². The number of hydrogen-bond acceptors (Lipinski definition) is 3. The zero-order valence-electron chi connectivity index (χ0n) is 9.55. The molecule has 0 amide bonds. The van der Waals surface area contributed by atoms with Gasteiger partial charge in [0.2, 0.25) is 0 Å². The van der Waals surface area contributed by atoms with E-state index in [1.54, 1.807) is 30.3 Å². The topological polar surface area (TPSA) is 59.4 Å². The summed E-state index contributed by atoms with van der Waals surface area (Å²) in [5, 5.41) is 9.63. The van der Waals surface area contributed by atoms with Crippen LogP contribution < -0.4 is 4.74 Å². The minimum atomic E-state index is -1.13. The van der Waals surface area contributed by atoms with Gasteiger partial charge in [0, 0.05) is 10.6 Å². The Labute approximate surface area is 109 Å². The van der Waals surface area contributed by atoms with Crippen LogP contribution in [-0.4, -0.2) is 23.2 Å². The fourth-order valence-electron chi connectivity index (χ4n) is 1.57. The molecule has 1 aromatic carbocycles. The summed E-state index contributed by atoms with van der Waals surface area (Å²) in [4.78, 5) is 15.1. The third-order valence-electron chi connectivity index (χ3n) is 2.40. The average molecular weight is 264 g/mol. The lowest BCUT2D eigenvalue weighted by molar-refractivity contribution is 0.0686. The second-order valence-electron chi connectivity index (χ2n) is 3.56. The molecule has 0 bridgehead atoms. The number of rotatable bonds is 3. The van der Waals surface area contributed by atoms with E-state index in [1.807, 2.05) is 6.07 Å². The van der Waals surface area contributed by atoms with Gasteiger partial charge in [-0.25, -0.2) is 9.78 Å². The van der Waals surface area contributed by atoms with Crippen molar-refractivity contribution in [1.82, 2.24) is 4.98 Å². The molecule has 0 fully saturated rings. The van der Waals surface area contributed by atoms with Gasteiger partial charge < -0.3 is 9.84 Å². The second kappa shape index (κ2) is 5.06. The average Bonchev–Trinajstić information content (AvgIpc) is 2.38. The van der Waals surface area contributed by atoms with Gasteiger partial charge >= 0.3 is 5.97 Å². The maximum absolute atomic E-state index is 11.1. The second-order valence-corrected chi connectivity index (χ2v) is 4.00. The Bertz CT molecular complexity index is 599. The van der Waals surface area contributed by atoms with Crippen LogP contribution in [-0.2, 0) is 0 Å². The summed E-state index contributed by atoms with van der Waals surface area (Å²) in [6, 6.07) is 10.3. The lowest BCUT2D eigenvalue weighted by atomic mass is 10.1. The quantitative estimate of drug-likeness (QED) is 0.924. The van der Waals surface area contributed by atoms with Crippen LogP contribution in [0.25, 0.3) is 11.3 Å². The predicted octanol–water partition coefficient (Wildman–Crippen LogP) is 3.11. The number of hydrogen-bond donors (Lipinski definition) is 1. The summed E-state index contributed by atoms with van der Waals surface area (Å²) in [6.45, 7) is 0. The highest BCUT2D eigenvalue weighted by Crippen LogP contribution is 2.25. The standard InChI is InChI=1S/C13H10ClNO3/c1-18-11-6-5-10(15-12(11)13(16)17)8-3-2-4-9(14)7-8/h2-7H,1H3,(H,16,17). The van der Waals surface area contributed by atoms with E-state index >= 15 is 0 Å². The van der Waals surface area contributed by atoms with Gasteiger partial charge in [-0.3, -0.25) is 0 Å². The molecule has 0 aliphatic carbocycles. The lowest BCUT2D eigenvalue weighted by Gasteiger charge is -2.07. The summed E-state index contributed by atoms with van der Waals surface area (Å²) in [6.07, 6.45) is 0. The van der Waals surface area contributed by atoms with Gasteiger partial charge in [0.15, 0.2) is 11.4 Å². The number of aromatic carboxylic acids is 1. The number of ether oxygens (including phenoxy) is 1. The summed E-state index contributed by atoms with van der Waals surface area (Å²) in [5.74, 6) is -0.899. The van der Waals surface area contributed by atoms with E-state index in [-0.39, 0.29) is 11.4 Å². The molecule has 0 saturated heterocycles. The summed E-state index contributed by atoms with van der Waals surface area (Å²) in [7, 11) is 1.41. The van der Waals surface area contributed by atoms with Gasteiger partial charge in [0.05, 0.1) is 12.8 Å². The number of carboxylic acid groups (broad SMARTS) is 1. The van der Waals surface area contributed by atoms with Crippen molar-refractivity contribution in [2.24, 2.45) is 0 Å². The number of nitrogens with zero attached hydrogens (tertiary/aromatic N) is 1. The van der Waals surface area contributed by atoms with Gasteiger partial charge in [0.1, 0.15) is 0 Å². The molecule has 0 atom stereocenters.